The lowest BCUT2D eigenvalue weighted by Gasteiger charge is -2.27. The molecule has 6 heteroatoms. The number of imidazole rings is 1. The molecule has 42 heavy (non-hydrogen) atoms. The van der Waals surface area contributed by atoms with Gasteiger partial charge in [0.1, 0.15) is 5.82 Å². The highest BCUT2D eigenvalue weighted by molar-refractivity contribution is 14.1. The standard InChI is InChI=1S/C36H39IN4O/c1-2-3-23-40(36(42)30-17-11-15-27-16-12-18-31(37)35(27)30)26-34-38-32-19-7-8-20-33(32)41(34)25-29-14-6-5-13-28(29)24-39-21-9-4-10-22-39/h5-8,11-20H,2-4,9-10,21-26H2,1H3. The van der Waals surface area contributed by atoms with Crippen LogP contribution in [0, 0.1) is 3.57 Å². The summed E-state index contributed by atoms with van der Waals surface area (Å²) in [5, 5.41) is 2.13. The number of unbranched alkanes of at least 4 members (excludes halogenated alkanes) is 1. The Bertz CT molecular complexity index is 1680. The maximum atomic E-state index is 14.3. The molecular formula is C36H39IN4O. The zero-order valence-electron chi connectivity index (χ0n) is 24.4. The van der Waals surface area contributed by atoms with Crippen LogP contribution in [0.4, 0.5) is 0 Å². The van der Waals surface area contributed by atoms with Crippen LogP contribution < -0.4 is 0 Å². The van der Waals surface area contributed by atoms with E-state index in [4.69, 9.17) is 4.98 Å². The van der Waals surface area contributed by atoms with Crippen molar-refractivity contribution in [1.29, 1.82) is 0 Å². The van der Waals surface area contributed by atoms with E-state index in [0.29, 0.717) is 13.1 Å². The first-order valence-corrected chi connectivity index (χ1v) is 16.4. The summed E-state index contributed by atoms with van der Waals surface area (Å²) in [5.74, 6) is 1.01. The number of likely N-dealkylation sites (tertiary alicyclic amines) is 1. The van der Waals surface area contributed by atoms with Crippen molar-refractivity contribution in [2.24, 2.45) is 0 Å². The lowest BCUT2D eigenvalue weighted by molar-refractivity contribution is 0.0737. The van der Waals surface area contributed by atoms with Crippen molar-refractivity contribution >= 4 is 50.3 Å². The molecule has 1 amide bonds. The van der Waals surface area contributed by atoms with E-state index in [-0.39, 0.29) is 5.91 Å². The summed E-state index contributed by atoms with van der Waals surface area (Å²) < 4.78 is 3.44. The summed E-state index contributed by atoms with van der Waals surface area (Å²) in [4.78, 5) is 24.0. The number of nitrogens with zero attached hydrogens (tertiary/aromatic N) is 4. The zero-order valence-corrected chi connectivity index (χ0v) is 26.6. The lowest BCUT2D eigenvalue weighted by Crippen LogP contribution is -2.33. The molecule has 0 N–H and O–H groups in total. The van der Waals surface area contributed by atoms with Gasteiger partial charge in [-0.15, -0.1) is 0 Å². The van der Waals surface area contributed by atoms with Crippen molar-refractivity contribution in [2.45, 2.75) is 58.7 Å². The second-order valence-corrected chi connectivity index (χ2v) is 12.6. The van der Waals surface area contributed by atoms with E-state index in [1.54, 1.807) is 0 Å². The van der Waals surface area contributed by atoms with Crippen LogP contribution in [0.2, 0.25) is 0 Å². The normalized spacial score (nSPS) is 14.0. The van der Waals surface area contributed by atoms with Gasteiger partial charge in [-0.2, -0.15) is 0 Å². The third kappa shape index (κ3) is 6.25. The highest BCUT2D eigenvalue weighted by atomic mass is 127. The summed E-state index contributed by atoms with van der Waals surface area (Å²) in [6.45, 7) is 7.43. The molecule has 0 unspecified atom stereocenters. The minimum Gasteiger partial charge on any atom is -0.331 e. The summed E-state index contributed by atoms with van der Waals surface area (Å²) in [6, 6.07) is 29.5. The van der Waals surface area contributed by atoms with E-state index in [2.05, 4.69) is 106 Å². The molecule has 0 saturated carbocycles. The molecular weight excluding hydrogens is 631 g/mol. The Morgan fingerprint density at radius 2 is 1.57 bits per heavy atom. The molecule has 2 heterocycles. The lowest BCUT2D eigenvalue weighted by atomic mass is 10.0. The second-order valence-electron chi connectivity index (χ2n) is 11.4. The minimum atomic E-state index is 0.0715. The first-order chi connectivity index (χ1) is 20.6. The smallest absolute Gasteiger partial charge is 0.254 e. The molecule has 0 bridgehead atoms. The van der Waals surface area contributed by atoms with Crippen LogP contribution in [0.3, 0.4) is 0 Å². The van der Waals surface area contributed by atoms with Crippen LogP contribution >= 0.6 is 22.6 Å². The second kappa shape index (κ2) is 13.4. The molecule has 0 aliphatic carbocycles. The molecule has 5 nitrogen and oxygen atoms in total. The number of para-hydroxylation sites is 2. The number of amides is 1. The van der Waals surface area contributed by atoms with E-state index in [1.165, 1.54) is 43.5 Å². The zero-order chi connectivity index (χ0) is 28.9. The maximum absolute atomic E-state index is 14.3. The Hall–Kier alpha value is -3.23. The predicted octanol–water partition coefficient (Wildman–Crippen LogP) is 8.27. The number of benzene rings is 4. The van der Waals surface area contributed by atoms with E-state index in [9.17, 15) is 4.79 Å². The maximum Gasteiger partial charge on any atom is 0.254 e. The third-order valence-electron chi connectivity index (χ3n) is 8.51. The van der Waals surface area contributed by atoms with Gasteiger partial charge < -0.3 is 9.47 Å². The van der Waals surface area contributed by atoms with Gasteiger partial charge in [-0.05, 0) is 95.7 Å². The third-order valence-corrected chi connectivity index (χ3v) is 9.41. The first kappa shape index (κ1) is 28.9. The van der Waals surface area contributed by atoms with Gasteiger partial charge in [0.15, 0.2) is 0 Å². The summed E-state index contributed by atoms with van der Waals surface area (Å²) in [5.41, 5.74) is 5.56. The Labute approximate surface area is 262 Å². The van der Waals surface area contributed by atoms with Crippen LogP contribution in [0.1, 0.15) is 66.3 Å². The van der Waals surface area contributed by atoms with Gasteiger partial charge in [-0.25, -0.2) is 4.98 Å². The molecule has 1 aliphatic rings. The number of hydrogen-bond donors (Lipinski definition) is 0. The fraction of sp³-hybridized carbons (Fsp3) is 0.333. The molecule has 0 radical (unpaired) electrons. The molecule has 6 rings (SSSR count). The Morgan fingerprint density at radius 3 is 2.36 bits per heavy atom. The van der Waals surface area contributed by atoms with Gasteiger partial charge >= 0.3 is 0 Å². The Morgan fingerprint density at radius 1 is 0.857 bits per heavy atom. The van der Waals surface area contributed by atoms with Gasteiger partial charge in [-0.3, -0.25) is 9.69 Å². The van der Waals surface area contributed by atoms with Gasteiger partial charge in [0.2, 0.25) is 0 Å². The number of halogens is 1. The van der Waals surface area contributed by atoms with Crippen LogP contribution in [-0.4, -0.2) is 44.9 Å². The largest absolute Gasteiger partial charge is 0.331 e. The highest BCUT2D eigenvalue weighted by Gasteiger charge is 2.23. The first-order valence-electron chi connectivity index (χ1n) is 15.3. The summed E-state index contributed by atoms with van der Waals surface area (Å²) in [7, 11) is 0. The average Bonchev–Trinajstić information content (AvgIpc) is 3.36. The monoisotopic (exact) mass is 670 g/mol. The predicted molar refractivity (Wildman–Crippen MR) is 181 cm³/mol. The molecule has 4 aromatic carbocycles. The van der Waals surface area contributed by atoms with E-state index < -0.39 is 0 Å². The SMILES string of the molecule is CCCCN(Cc1nc2ccccc2n1Cc1ccccc1CN1CCCCC1)C(=O)c1cccc2cccc(I)c12. The minimum absolute atomic E-state index is 0.0715. The molecule has 0 atom stereocenters. The number of carbonyl (C=O) groups excluding carboxylic acids is 1. The Kier molecular flexibility index (Phi) is 9.20. The molecule has 5 aromatic rings. The molecule has 216 valence electrons. The summed E-state index contributed by atoms with van der Waals surface area (Å²) in [6.07, 6.45) is 5.89. The van der Waals surface area contributed by atoms with Gasteiger partial charge in [0.05, 0.1) is 17.6 Å². The topological polar surface area (TPSA) is 41.4 Å². The van der Waals surface area contributed by atoms with Crippen molar-refractivity contribution in [1.82, 2.24) is 19.4 Å². The number of hydrogen-bond acceptors (Lipinski definition) is 3. The van der Waals surface area contributed by atoms with Crippen LogP contribution in [0.15, 0.2) is 84.9 Å². The average molecular weight is 671 g/mol. The quantitative estimate of drug-likeness (QED) is 0.141. The van der Waals surface area contributed by atoms with Crippen molar-refractivity contribution in [3.8, 4) is 0 Å². The number of piperidine rings is 1. The number of fused-ring (bicyclic) bond motifs is 2. The van der Waals surface area contributed by atoms with E-state index in [0.717, 1.165) is 62.7 Å². The number of carbonyl (C=O) groups is 1. The number of aromatic nitrogens is 2. The molecule has 1 fully saturated rings. The number of rotatable bonds is 10. The highest BCUT2D eigenvalue weighted by Crippen LogP contribution is 2.27. The van der Waals surface area contributed by atoms with Gasteiger partial charge in [0, 0.05) is 34.2 Å². The van der Waals surface area contributed by atoms with E-state index in [1.807, 2.05) is 23.1 Å². The Balaban J connectivity index is 1.36. The molecule has 1 aliphatic heterocycles. The molecule has 0 spiro atoms. The van der Waals surface area contributed by atoms with E-state index >= 15 is 0 Å². The van der Waals surface area contributed by atoms with Crippen LogP contribution in [0.5, 0.6) is 0 Å². The van der Waals surface area contributed by atoms with Crippen molar-refractivity contribution in [2.75, 3.05) is 19.6 Å². The summed E-state index contributed by atoms with van der Waals surface area (Å²) >= 11 is 2.35. The van der Waals surface area contributed by atoms with Crippen LogP contribution in [0.25, 0.3) is 21.8 Å². The van der Waals surface area contributed by atoms with Crippen LogP contribution in [-0.2, 0) is 19.6 Å². The fourth-order valence-corrected chi connectivity index (χ4v) is 7.04. The molecule has 1 saturated heterocycles. The van der Waals surface area contributed by atoms with Gasteiger partial charge in [0.25, 0.3) is 5.91 Å². The fourth-order valence-electron chi connectivity index (χ4n) is 6.23. The van der Waals surface area contributed by atoms with Gasteiger partial charge in [-0.1, -0.05) is 80.4 Å². The molecule has 1 aromatic heterocycles. The van der Waals surface area contributed by atoms with Crippen molar-refractivity contribution in [3.05, 3.63) is 111 Å². The van der Waals surface area contributed by atoms with Crippen molar-refractivity contribution < 1.29 is 4.79 Å². The van der Waals surface area contributed by atoms with Crippen molar-refractivity contribution in [3.63, 3.8) is 0 Å².